The van der Waals surface area contributed by atoms with E-state index in [2.05, 4.69) is 31.2 Å². The smallest absolute Gasteiger partial charge is 0.416 e. The number of piperazine rings is 1. The zero-order valence-corrected chi connectivity index (χ0v) is 22.1. The molecule has 4 heterocycles. The summed E-state index contributed by atoms with van der Waals surface area (Å²) in [6, 6.07) is 7.94. The van der Waals surface area contributed by atoms with Gasteiger partial charge >= 0.3 is 6.18 Å². The van der Waals surface area contributed by atoms with Gasteiger partial charge in [0.15, 0.2) is 0 Å². The highest BCUT2D eigenvalue weighted by Crippen LogP contribution is 2.41. The minimum atomic E-state index is -4.48. The molecule has 3 aliphatic heterocycles. The van der Waals surface area contributed by atoms with Crippen LogP contribution in [0.4, 0.5) is 30.4 Å². The molecule has 0 bridgehead atoms. The molecule has 3 aliphatic rings. The van der Waals surface area contributed by atoms with Gasteiger partial charge in [-0.05, 0) is 56.5 Å². The summed E-state index contributed by atoms with van der Waals surface area (Å²) >= 11 is 0. The Morgan fingerprint density at radius 3 is 2.62 bits per heavy atom. The number of ether oxygens (including phenoxy) is 2. The summed E-state index contributed by atoms with van der Waals surface area (Å²) in [5.74, 6) is 1.91. The number of benzene rings is 2. The largest absolute Gasteiger partial charge is 0.489 e. The van der Waals surface area contributed by atoms with Crippen LogP contribution in [0.2, 0.25) is 0 Å². The SMILES string of the molecule is Cc1nc(N[C@H](C)c2cc(N)cc(C(F)(F)F)c2)c2cc3c(cc2n1)OC[C@H]1CN(C2CCOCC2)CCN31. The van der Waals surface area contributed by atoms with E-state index in [9.17, 15) is 13.2 Å². The number of anilines is 3. The van der Waals surface area contributed by atoms with E-state index in [0.717, 1.165) is 80.2 Å². The first-order chi connectivity index (χ1) is 18.7. The lowest BCUT2D eigenvalue weighted by molar-refractivity contribution is -0.137. The van der Waals surface area contributed by atoms with E-state index in [0.29, 0.717) is 29.9 Å². The number of nitrogen functional groups attached to an aromatic ring is 1. The number of alkyl halides is 3. The van der Waals surface area contributed by atoms with Crippen molar-refractivity contribution in [3.05, 3.63) is 47.3 Å². The van der Waals surface area contributed by atoms with Gasteiger partial charge in [0.25, 0.3) is 0 Å². The maximum absolute atomic E-state index is 13.4. The number of hydrogen-bond acceptors (Lipinski definition) is 8. The molecule has 6 rings (SSSR count). The summed E-state index contributed by atoms with van der Waals surface area (Å²) in [7, 11) is 0. The van der Waals surface area contributed by atoms with Gasteiger partial charge in [-0.3, -0.25) is 4.90 Å². The first kappa shape index (κ1) is 25.9. The molecule has 2 fully saturated rings. The van der Waals surface area contributed by atoms with Crippen LogP contribution in [-0.2, 0) is 10.9 Å². The van der Waals surface area contributed by atoms with E-state index >= 15 is 0 Å². The predicted octanol–water partition coefficient (Wildman–Crippen LogP) is 4.77. The fraction of sp³-hybridized carbons (Fsp3) is 0.500. The van der Waals surface area contributed by atoms with Gasteiger partial charge in [0.2, 0.25) is 0 Å². The number of nitrogens with one attached hydrogen (secondary N) is 1. The van der Waals surface area contributed by atoms with Gasteiger partial charge in [0, 0.05) is 56.0 Å². The highest BCUT2D eigenvalue weighted by atomic mass is 19.4. The maximum Gasteiger partial charge on any atom is 0.416 e. The third-order valence-corrected chi connectivity index (χ3v) is 8.01. The predicted molar refractivity (Wildman–Crippen MR) is 144 cm³/mol. The summed E-state index contributed by atoms with van der Waals surface area (Å²) in [6.45, 7) is 8.65. The molecule has 11 heteroatoms. The average molecular weight is 543 g/mol. The molecule has 39 heavy (non-hydrogen) atoms. The monoisotopic (exact) mass is 542 g/mol. The zero-order chi connectivity index (χ0) is 27.3. The van der Waals surface area contributed by atoms with Crippen LogP contribution in [0.25, 0.3) is 10.9 Å². The van der Waals surface area contributed by atoms with Crippen LogP contribution in [0.1, 0.15) is 42.8 Å². The molecule has 0 amide bonds. The molecule has 3 N–H and O–H groups in total. The van der Waals surface area contributed by atoms with Crippen LogP contribution in [0.5, 0.6) is 5.75 Å². The second-order valence-corrected chi connectivity index (χ2v) is 10.7. The number of aryl methyl sites for hydroxylation is 1. The molecule has 3 aromatic rings. The quantitative estimate of drug-likeness (QED) is 0.456. The first-order valence-electron chi connectivity index (χ1n) is 13.4. The first-order valence-corrected chi connectivity index (χ1v) is 13.4. The number of halogens is 3. The molecule has 0 unspecified atom stereocenters. The van der Waals surface area contributed by atoms with Crippen LogP contribution in [0.3, 0.4) is 0 Å². The molecule has 2 saturated heterocycles. The van der Waals surface area contributed by atoms with Crippen LogP contribution in [0.15, 0.2) is 30.3 Å². The van der Waals surface area contributed by atoms with Crippen LogP contribution in [-0.4, -0.2) is 66.4 Å². The summed E-state index contributed by atoms with van der Waals surface area (Å²) in [4.78, 5) is 14.2. The minimum absolute atomic E-state index is 0.0642. The normalized spacial score (nSPS) is 21.3. The fourth-order valence-corrected chi connectivity index (χ4v) is 6.00. The van der Waals surface area contributed by atoms with Gasteiger partial charge in [-0.25, -0.2) is 9.97 Å². The molecule has 0 aliphatic carbocycles. The summed E-state index contributed by atoms with van der Waals surface area (Å²) in [6.07, 6.45) is -2.35. The molecule has 0 spiro atoms. The lowest BCUT2D eigenvalue weighted by atomic mass is 10.0. The molecule has 208 valence electrons. The van der Waals surface area contributed by atoms with Crippen LogP contribution >= 0.6 is 0 Å². The van der Waals surface area contributed by atoms with Gasteiger partial charge in [0.05, 0.1) is 28.9 Å². The van der Waals surface area contributed by atoms with E-state index in [4.69, 9.17) is 15.2 Å². The van der Waals surface area contributed by atoms with Gasteiger partial charge in [-0.2, -0.15) is 13.2 Å². The van der Waals surface area contributed by atoms with Crippen LogP contribution in [0, 0.1) is 6.92 Å². The van der Waals surface area contributed by atoms with Crippen molar-refractivity contribution in [3.8, 4) is 5.75 Å². The topological polar surface area (TPSA) is 88.8 Å². The molecular formula is C28H33F3N6O2. The summed E-state index contributed by atoms with van der Waals surface area (Å²) in [5.41, 5.74) is 7.25. The number of fused-ring (bicyclic) bond motifs is 4. The molecule has 8 nitrogen and oxygen atoms in total. The van der Waals surface area contributed by atoms with E-state index in [1.165, 1.54) is 0 Å². The molecule has 1 aromatic heterocycles. The Bertz CT molecular complexity index is 1380. The molecule has 2 atom stereocenters. The van der Waals surface area contributed by atoms with E-state index < -0.39 is 17.8 Å². The average Bonchev–Trinajstić information content (AvgIpc) is 2.91. The Morgan fingerprint density at radius 2 is 1.85 bits per heavy atom. The van der Waals surface area contributed by atoms with Crippen molar-refractivity contribution < 1.29 is 22.6 Å². The number of nitrogens with two attached hydrogens (primary N) is 1. The van der Waals surface area contributed by atoms with Gasteiger partial charge in [-0.15, -0.1) is 0 Å². The Hall–Kier alpha value is -3.31. The number of hydrogen-bond donors (Lipinski definition) is 2. The van der Waals surface area contributed by atoms with Crippen LogP contribution < -0.4 is 20.7 Å². The lowest BCUT2D eigenvalue weighted by Crippen LogP contribution is -2.59. The molecule has 2 aromatic carbocycles. The highest BCUT2D eigenvalue weighted by molar-refractivity contribution is 5.94. The lowest BCUT2D eigenvalue weighted by Gasteiger charge is -2.48. The van der Waals surface area contributed by atoms with Gasteiger partial charge in [-0.1, -0.05) is 0 Å². The fourth-order valence-electron chi connectivity index (χ4n) is 6.00. The summed E-state index contributed by atoms with van der Waals surface area (Å²) in [5, 5.41) is 4.12. The Morgan fingerprint density at radius 1 is 1.05 bits per heavy atom. The third kappa shape index (κ3) is 5.17. The third-order valence-electron chi connectivity index (χ3n) is 8.01. The van der Waals surface area contributed by atoms with E-state index in [1.54, 1.807) is 19.9 Å². The number of rotatable bonds is 4. The second-order valence-electron chi connectivity index (χ2n) is 10.7. The maximum atomic E-state index is 13.4. The van der Waals surface area contributed by atoms with Crippen molar-refractivity contribution in [2.24, 2.45) is 0 Å². The van der Waals surface area contributed by atoms with E-state index in [-0.39, 0.29) is 11.7 Å². The highest BCUT2D eigenvalue weighted by Gasteiger charge is 2.36. The van der Waals surface area contributed by atoms with Crippen molar-refractivity contribution >= 4 is 28.1 Å². The van der Waals surface area contributed by atoms with Crippen molar-refractivity contribution in [1.29, 1.82) is 0 Å². The van der Waals surface area contributed by atoms with Gasteiger partial charge in [0.1, 0.15) is 24.0 Å². The Kier molecular flexibility index (Phi) is 6.66. The Balaban J connectivity index is 1.30. The molecule has 0 saturated carbocycles. The molecular weight excluding hydrogens is 509 g/mol. The van der Waals surface area contributed by atoms with E-state index in [1.807, 2.05) is 6.07 Å². The summed E-state index contributed by atoms with van der Waals surface area (Å²) < 4.78 is 52.0. The number of aromatic nitrogens is 2. The van der Waals surface area contributed by atoms with Crippen molar-refractivity contribution in [3.63, 3.8) is 0 Å². The standard InChI is InChI=1S/C28H33F3N6O2/c1-16(18-9-19(28(29,30)31)11-20(32)10-18)33-27-23-12-25-26(13-24(23)34-17(2)35-27)39-15-22-14-36(5-6-37(22)25)21-3-7-38-8-4-21/h9-13,16,21-22H,3-8,14-15,32H2,1-2H3,(H,33,34,35)/t16-,22-/m1/s1. The van der Waals surface area contributed by atoms with Gasteiger partial charge < -0.3 is 25.4 Å². The van der Waals surface area contributed by atoms with Crippen molar-refractivity contribution in [1.82, 2.24) is 14.9 Å². The molecule has 0 radical (unpaired) electrons. The number of nitrogens with zero attached hydrogens (tertiary/aromatic N) is 4. The second kappa shape index (κ2) is 10.0. The zero-order valence-electron chi connectivity index (χ0n) is 22.1. The van der Waals surface area contributed by atoms with Crippen molar-refractivity contribution in [2.75, 3.05) is 55.4 Å². The van der Waals surface area contributed by atoms with Crippen molar-refractivity contribution in [2.45, 2.75) is 51.0 Å². The Labute approximate surface area is 225 Å². The minimum Gasteiger partial charge on any atom is -0.489 e.